The van der Waals surface area contributed by atoms with Gasteiger partial charge in [0.2, 0.25) is 11.8 Å². The van der Waals surface area contributed by atoms with Gasteiger partial charge in [0.25, 0.3) is 0 Å². The van der Waals surface area contributed by atoms with Crippen molar-refractivity contribution in [3.05, 3.63) is 0 Å². The van der Waals surface area contributed by atoms with Gasteiger partial charge in [0, 0.05) is 32.1 Å². The molecule has 0 spiro atoms. The lowest BCUT2D eigenvalue weighted by Gasteiger charge is -2.33. The fraction of sp³-hybridized carbons (Fsp3) is 0.833. The van der Waals surface area contributed by atoms with E-state index in [0.717, 1.165) is 12.8 Å². The van der Waals surface area contributed by atoms with Gasteiger partial charge in [-0.15, -0.1) is 0 Å². The van der Waals surface area contributed by atoms with Crippen LogP contribution in [-0.2, 0) is 19.1 Å². The molecule has 0 bridgehead atoms. The average molecular weight is 336 g/mol. The zero-order valence-corrected chi connectivity index (χ0v) is 14.5. The van der Waals surface area contributed by atoms with Crippen LogP contribution in [0, 0.1) is 11.8 Å². The molecular formula is C18H28N2O4. The number of amides is 2. The first-order valence-corrected chi connectivity index (χ1v) is 9.26. The summed E-state index contributed by atoms with van der Waals surface area (Å²) in [7, 11) is 1.41. The molecule has 24 heavy (non-hydrogen) atoms. The zero-order chi connectivity index (χ0) is 17.1. The van der Waals surface area contributed by atoms with Gasteiger partial charge in [0.05, 0.1) is 18.9 Å². The van der Waals surface area contributed by atoms with Crippen LogP contribution in [0.15, 0.2) is 0 Å². The van der Waals surface area contributed by atoms with E-state index >= 15 is 0 Å². The summed E-state index contributed by atoms with van der Waals surface area (Å²) < 4.78 is 4.79. The Kier molecular flexibility index (Phi) is 5.41. The van der Waals surface area contributed by atoms with Gasteiger partial charge in [-0.05, 0) is 25.7 Å². The highest BCUT2D eigenvalue weighted by molar-refractivity contribution is 5.89. The Morgan fingerprint density at radius 3 is 2.29 bits per heavy atom. The van der Waals surface area contributed by atoms with Crippen molar-refractivity contribution in [3.8, 4) is 0 Å². The number of esters is 1. The number of methoxy groups -OCH3 is 1. The van der Waals surface area contributed by atoms with Gasteiger partial charge in [-0.3, -0.25) is 14.4 Å². The number of carbonyl (C=O) groups excluding carboxylic acids is 3. The van der Waals surface area contributed by atoms with Gasteiger partial charge in [-0.25, -0.2) is 0 Å². The van der Waals surface area contributed by atoms with Crippen molar-refractivity contribution in [2.24, 2.45) is 11.8 Å². The Hall–Kier alpha value is -1.59. The molecule has 0 radical (unpaired) electrons. The highest BCUT2D eigenvalue weighted by Crippen LogP contribution is 2.30. The highest BCUT2D eigenvalue weighted by atomic mass is 16.5. The third kappa shape index (κ3) is 3.57. The number of likely N-dealkylation sites (tertiary alicyclic amines) is 2. The van der Waals surface area contributed by atoms with E-state index in [2.05, 4.69) is 0 Å². The lowest BCUT2D eigenvalue weighted by atomic mass is 9.94. The number of hydrogen-bond donors (Lipinski definition) is 0. The van der Waals surface area contributed by atoms with E-state index in [-0.39, 0.29) is 29.6 Å². The first kappa shape index (κ1) is 17.2. The lowest BCUT2D eigenvalue weighted by Crippen LogP contribution is -2.44. The fourth-order valence-corrected chi connectivity index (χ4v) is 4.40. The van der Waals surface area contributed by atoms with Crippen LogP contribution >= 0.6 is 0 Å². The Morgan fingerprint density at radius 2 is 1.67 bits per heavy atom. The van der Waals surface area contributed by atoms with Crippen molar-refractivity contribution in [2.45, 2.75) is 57.4 Å². The van der Waals surface area contributed by atoms with Crippen molar-refractivity contribution < 1.29 is 19.1 Å². The highest BCUT2D eigenvalue weighted by Gasteiger charge is 2.40. The maximum atomic E-state index is 12.8. The minimum atomic E-state index is -0.200. The number of carbonyl (C=O) groups is 3. The average Bonchev–Trinajstić information content (AvgIpc) is 3.03. The van der Waals surface area contributed by atoms with Crippen LogP contribution < -0.4 is 0 Å². The van der Waals surface area contributed by atoms with Crippen LogP contribution in [0.2, 0.25) is 0 Å². The molecule has 2 saturated heterocycles. The molecule has 1 atom stereocenters. The largest absolute Gasteiger partial charge is 0.469 e. The summed E-state index contributed by atoms with van der Waals surface area (Å²) in [5, 5.41) is 0. The number of rotatable bonds is 3. The number of piperidine rings is 1. The molecule has 0 aromatic rings. The zero-order valence-electron chi connectivity index (χ0n) is 14.5. The Bertz CT molecular complexity index is 493. The van der Waals surface area contributed by atoms with Gasteiger partial charge in [0.15, 0.2) is 0 Å². The van der Waals surface area contributed by atoms with Crippen LogP contribution in [0.25, 0.3) is 0 Å². The fourth-order valence-electron chi connectivity index (χ4n) is 4.40. The summed E-state index contributed by atoms with van der Waals surface area (Å²) >= 11 is 0. The van der Waals surface area contributed by atoms with E-state index in [4.69, 9.17) is 4.74 Å². The lowest BCUT2D eigenvalue weighted by molar-refractivity contribution is -0.149. The van der Waals surface area contributed by atoms with Gasteiger partial charge in [0.1, 0.15) is 0 Å². The summed E-state index contributed by atoms with van der Waals surface area (Å²) in [4.78, 5) is 40.5. The van der Waals surface area contributed by atoms with Crippen molar-refractivity contribution in [1.29, 1.82) is 0 Å². The first-order chi connectivity index (χ1) is 11.6. The van der Waals surface area contributed by atoms with Crippen LogP contribution in [0.1, 0.15) is 51.4 Å². The van der Waals surface area contributed by atoms with Crippen LogP contribution in [0.3, 0.4) is 0 Å². The van der Waals surface area contributed by atoms with E-state index in [0.29, 0.717) is 44.9 Å². The molecule has 134 valence electrons. The molecule has 0 aromatic heterocycles. The second-order valence-electron chi connectivity index (χ2n) is 7.36. The first-order valence-electron chi connectivity index (χ1n) is 9.26. The summed E-state index contributed by atoms with van der Waals surface area (Å²) in [6.45, 7) is 1.76. The smallest absolute Gasteiger partial charge is 0.308 e. The third-order valence-corrected chi connectivity index (χ3v) is 5.86. The van der Waals surface area contributed by atoms with Crippen LogP contribution in [-0.4, -0.2) is 60.4 Å². The molecule has 2 heterocycles. The molecule has 1 unspecified atom stereocenters. The molecule has 3 fully saturated rings. The predicted molar refractivity (Wildman–Crippen MR) is 88.0 cm³/mol. The molecule has 1 aliphatic carbocycles. The molecule has 0 N–H and O–H groups in total. The monoisotopic (exact) mass is 336 g/mol. The van der Waals surface area contributed by atoms with E-state index < -0.39 is 0 Å². The van der Waals surface area contributed by atoms with Crippen LogP contribution in [0.5, 0.6) is 0 Å². The van der Waals surface area contributed by atoms with E-state index in [1.165, 1.54) is 26.4 Å². The summed E-state index contributed by atoms with van der Waals surface area (Å²) in [5.74, 6) is -0.242. The molecule has 6 nitrogen and oxygen atoms in total. The second-order valence-corrected chi connectivity index (χ2v) is 7.36. The van der Waals surface area contributed by atoms with Gasteiger partial charge in [-0.1, -0.05) is 19.3 Å². The van der Waals surface area contributed by atoms with Gasteiger partial charge < -0.3 is 14.5 Å². The summed E-state index contributed by atoms with van der Waals surface area (Å²) in [6.07, 6.45) is 7.47. The van der Waals surface area contributed by atoms with E-state index in [1.807, 2.05) is 9.80 Å². The van der Waals surface area contributed by atoms with E-state index in [9.17, 15) is 14.4 Å². The molecule has 1 saturated carbocycles. The topological polar surface area (TPSA) is 66.9 Å². The second kappa shape index (κ2) is 7.53. The number of ether oxygens (including phenoxy) is 1. The van der Waals surface area contributed by atoms with Gasteiger partial charge >= 0.3 is 5.97 Å². The Balaban J connectivity index is 1.53. The standard InChI is InChI=1S/C18H28N2O4/c1-24-18(23)13-7-9-19(10-8-13)17(22)14-11-16(21)20(12-14)15-5-3-2-4-6-15/h13-15H,2-12H2,1H3. The van der Waals surface area contributed by atoms with E-state index in [1.54, 1.807) is 0 Å². The molecule has 0 aromatic carbocycles. The van der Waals surface area contributed by atoms with Crippen LogP contribution in [0.4, 0.5) is 0 Å². The molecule has 3 aliphatic rings. The SMILES string of the molecule is COC(=O)C1CCN(C(=O)C2CC(=O)N(C3CCCCC3)C2)CC1. The van der Waals surface area contributed by atoms with Crippen molar-refractivity contribution in [2.75, 3.05) is 26.7 Å². The maximum absolute atomic E-state index is 12.8. The maximum Gasteiger partial charge on any atom is 0.308 e. The summed E-state index contributed by atoms with van der Waals surface area (Å²) in [5.41, 5.74) is 0. The molecule has 2 amide bonds. The predicted octanol–water partition coefficient (Wildman–Crippen LogP) is 1.58. The molecule has 6 heteroatoms. The van der Waals surface area contributed by atoms with Crippen molar-refractivity contribution >= 4 is 17.8 Å². The normalized spacial score (nSPS) is 26.7. The minimum Gasteiger partial charge on any atom is -0.469 e. The minimum absolute atomic E-state index is 0.0879. The number of hydrogen-bond acceptors (Lipinski definition) is 4. The van der Waals surface area contributed by atoms with Crippen molar-refractivity contribution in [1.82, 2.24) is 9.80 Å². The Labute approximate surface area is 143 Å². The molecular weight excluding hydrogens is 308 g/mol. The number of nitrogens with zero attached hydrogens (tertiary/aromatic N) is 2. The molecule has 2 aliphatic heterocycles. The third-order valence-electron chi connectivity index (χ3n) is 5.86. The molecule has 3 rings (SSSR count). The quantitative estimate of drug-likeness (QED) is 0.734. The van der Waals surface area contributed by atoms with Gasteiger partial charge in [-0.2, -0.15) is 0 Å². The van der Waals surface area contributed by atoms with Crippen molar-refractivity contribution in [3.63, 3.8) is 0 Å². The Morgan fingerprint density at radius 1 is 1.00 bits per heavy atom. The summed E-state index contributed by atoms with van der Waals surface area (Å²) in [6, 6.07) is 0.342.